The Morgan fingerprint density at radius 1 is 1.27 bits per heavy atom. The number of carbonyl (C=O) groups excluding carboxylic acids is 1. The third kappa shape index (κ3) is 5.44. The number of nitrogens with one attached hydrogen (secondary N) is 2. The predicted octanol–water partition coefficient (Wildman–Crippen LogP) is 2.88. The zero-order valence-corrected chi connectivity index (χ0v) is 20.2. The van der Waals surface area contributed by atoms with Crippen LogP contribution >= 0.6 is 23.6 Å². The number of methoxy groups -OCH3 is 2. The number of thiophene rings is 1. The molecule has 9 nitrogen and oxygen atoms in total. The second-order valence-electron chi connectivity index (χ2n) is 7.50. The zero-order valence-electron chi connectivity index (χ0n) is 18.6. The Hall–Kier alpha value is -2.73. The van der Waals surface area contributed by atoms with E-state index < -0.39 is 0 Å². The number of ether oxygens (including phenoxy) is 3. The van der Waals surface area contributed by atoms with Gasteiger partial charge in [-0.3, -0.25) is 19.4 Å². The van der Waals surface area contributed by atoms with E-state index in [1.54, 1.807) is 30.1 Å². The molecule has 0 radical (unpaired) electrons. The predicted molar refractivity (Wildman–Crippen MR) is 128 cm³/mol. The summed E-state index contributed by atoms with van der Waals surface area (Å²) in [6.07, 6.45) is 0. The van der Waals surface area contributed by atoms with Gasteiger partial charge in [-0.25, -0.2) is 0 Å². The summed E-state index contributed by atoms with van der Waals surface area (Å²) in [5, 5.41) is 12.1. The summed E-state index contributed by atoms with van der Waals surface area (Å²) in [7, 11) is 3.23. The first-order valence-corrected chi connectivity index (χ1v) is 11.9. The molecule has 0 aliphatic carbocycles. The molecular formula is C22H27N5O4S2. The van der Waals surface area contributed by atoms with Crippen LogP contribution in [0.1, 0.15) is 11.6 Å². The lowest BCUT2D eigenvalue weighted by Crippen LogP contribution is -2.44. The quantitative estimate of drug-likeness (QED) is 0.447. The molecule has 3 heterocycles. The number of morpholine rings is 1. The van der Waals surface area contributed by atoms with Crippen LogP contribution in [0.4, 0.5) is 0 Å². The Morgan fingerprint density at radius 2 is 2.06 bits per heavy atom. The van der Waals surface area contributed by atoms with Crippen LogP contribution in [0, 0.1) is 4.77 Å². The van der Waals surface area contributed by atoms with Crippen molar-refractivity contribution in [3.63, 3.8) is 0 Å². The molecule has 3 aromatic rings. The van der Waals surface area contributed by atoms with Gasteiger partial charge >= 0.3 is 0 Å². The summed E-state index contributed by atoms with van der Waals surface area (Å²) < 4.78 is 18.5. The summed E-state index contributed by atoms with van der Waals surface area (Å²) in [6.45, 7) is 3.41. The van der Waals surface area contributed by atoms with Crippen molar-refractivity contribution in [1.82, 2.24) is 25.0 Å². The van der Waals surface area contributed by atoms with Crippen LogP contribution in [0.5, 0.6) is 11.5 Å². The van der Waals surface area contributed by atoms with Crippen molar-refractivity contribution in [1.29, 1.82) is 0 Å². The van der Waals surface area contributed by atoms with Gasteiger partial charge in [0, 0.05) is 19.6 Å². The first-order chi connectivity index (χ1) is 16.1. The zero-order chi connectivity index (χ0) is 23.2. The highest BCUT2D eigenvalue weighted by Crippen LogP contribution is 2.32. The molecule has 1 saturated heterocycles. The van der Waals surface area contributed by atoms with E-state index in [2.05, 4.69) is 20.4 Å². The van der Waals surface area contributed by atoms with Crippen molar-refractivity contribution >= 4 is 29.5 Å². The highest BCUT2D eigenvalue weighted by molar-refractivity contribution is 7.71. The van der Waals surface area contributed by atoms with Gasteiger partial charge in [0.05, 0.1) is 38.4 Å². The largest absolute Gasteiger partial charge is 0.493 e. The van der Waals surface area contributed by atoms with Gasteiger partial charge in [-0.2, -0.15) is 5.10 Å². The molecule has 4 rings (SSSR count). The smallest absolute Gasteiger partial charge is 0.240 e. The number of nitrogens with zero attached hydrogens (tertiary/aromatic N) is 3. The highest BCUT2D eigenvalue weighted by Gasteiger charge is 2.25. The van der Waals surface area contributed by atoms with Gasteiger partial charge in [-0.15, -0.1) is 11.3 Å². The topological polar surface area (TPSA) is 93.6 Å². The molecule has 1 atom stereocenters. The molecule has 176 valence electrons. The Bertz CT molecular complexity index is 1120. The standard InChI is InChI=1S/C22H27N5O4S2/c1-29-17-6-5-15(12-18(17)30-2)16(26-7-9-31-10-8-26)13-23-20(28)14-27-21(24-25-22(27)32)19-4-3-11-33-19/h3-6,11-12,16H,7-10,13-14H2,1-2H3,(H,23,28)(H,25,32). The van der Waals surface area contributed by atoms with Gasteiger partial charge in [0.25, 0.3) is 0 Å². The van der Waals surface area contributed by atoms with Crippen LogP contribution in [0.25, 0.3) is 10.7 Å². The van der Waals surface area contributed by atoms with Crippen LogP contribution < -0.4 is 14.8 Å². The minimum absolute atomic E-state index is 0.0354. The van der Waals surface area contributed by atoms with E-state index in [-0.39, 0.29) is 18.5 Å². The molecule has 11 heteroatoms. The van der Waals surface area contributed by atoms with Crippen LogP contribution in [-0.4, -0.2) is 72.6 Å². The Labute approximate surface area is 201 Å². The number of H-pyrrole nitrogens is 1. The van der Waals surface area contributed by atoms with Crippen molar-refractivity contribution in [2.24, 2.45) is 0 Å². The number of aromatic amines is 1. The summed E-state index contributed by atoms with van der Waals surface area (Å²) in [6, 6.07) is 9.72. The van der Waals surface area contributed by atoms with Crippen LogP contribution in [0.15, 0.2) is 35.7 Å². The lowest BCUT2D eigenvalue weighted by Gasteiger charge is -2.35. The number of benzene rings is 1. The molecule has 0 spiro atoms. The molecule has 0 bridgehead atoms. The van der Waals surface area contributed by atoms with E-state index in [4.69, 9.17) is 26.4 Å². The maximum absolute atomic E-state index is 12.9. The number of carbonyl (C=O) groups is 1. The van der Waals surface area contributed by atoms with E-state index in [9.17, 15) is 4.79 Å². The molecule has 1 aliphatic heterocycles. The minimum Gasteiger partial charge on any atom is -0.493 e. The first kappa shape index (κ1) is 23.4. The van der Waals surface area contributed by atoms with Gasteiger partial charge in [0.2, 0.25) is 5.91 Å². The first-order valence-electron chi connectivity index (χ1n) is 10.6. The average Bonchev–Trinajstić information content (AvgIpc) is 3.50. The van der Waals surface area contributed by atoms with Crippen LogP contribution in [0.3, 0.4) is 0 Å². The molecule has 1 aliphatic rings. The number of amides is 1. The summed E-state index contributed by atoms with van der Waals surface area (Å²) in [5.74, 6) is 1.85. The van der Waals surface area contributed by atoms with Crippen molar-refractivity contribution in [2.75, 3.05) is 47.1 Å². The van der Waals surface area contributed by atoms with Crippen LogP contribution in [0.2, 0.25) is 0 Å². The molecule has 1 unspecified atom stereocenters. The van der Waals surface area contributed by atoms with Gasteiger partial charge in [-0.05, 0) is 41.4 Å². The maximum Gasteiger partial charge on any atom is 0.240 e. The van der Waals surface area contributed by atoms with E-state index in [1.807, 2.05) is 35.7 Å². The number of aromatic nitrogens is 3. The van der Waals surface area contributed by atoms with Gasteiger partial charge in [0.15, 0.2) is 22.1 Å². The van der Waals surface area contributed by atoms with Gasteiger partial charge < -0.3 is 19.5 Å². The summed E-state index contributed by atoms with van der Waals surface area (Å²) in [5.41, 5.74) is 1.04. The van der Waals surface area contributed by atoms with Crippen molar-refractivity contribution in [2.45, 2.75) is 12.6 Å². The normalized spacial score (nSPS) is 15.2. The minimum atomic E-state index is -0.135. The molecule has 1 aromatic carbocycles. The lowest BCUT2D eigenvalue weighted by molar-refractivity contribution is -0.122. The number of hydrogen-bond acceptors (Lipinski definition) is 8. The summed E-state index contributed by atoms with van der Waals surface area (Å²) >= 11 is 6.90. The van der Waals surface area contributed by atoms with Crippen molar-refractivity contribution < 1.29 is 19.0 Å². The molecule has 2 aromatic heterocycles. The van der Waals surface area contributed by atoms with Crippen LogP contribution in [-0.2, 0) is 16.1 Å². The van der Waals surface area contributed by atoms with E-state index >= 15 is 0 Å². The number of hydrogen-bond donors (Lipinski definition) is 2. The fourth-order valence-electron chi connectivity index (χ4n) is 3.88. The second kappa shape index (κ2) is 10.9. The SMILES string of the molecule is COc1ccc(C(CNC(=O)Cn2c(-c3cccs3)n[nH]c2=S)N2CCOCC2)cc1OC. The average molecular weight is 490 g/mol. The third-order valence-corrected chi connectivity index (χ3v) is 6.75. The van der Waals surface area contributed by atoms with E-state index in [0.29, 0.717) is 41.9 Å². The van der Waals surface area contributed by atoms with Gasteiger partial charge in [-0.1, -0.05) is 12.1 Å². The second-order valence-corrected chi connectivity index (χ2v) is 8.83. The molecule has 2 N–H and O–H groups in total. The summed E-state index contributed by atoms with van der Waals surface area (Å²) in [4.78, 5) is 16.2. The Morgan fingerprint density at radius 3 is 2.76 bits per heavy atom. The monoisotopic (exact) mass is 489 g/mol. The molecule has 1 amide bonds. The maximum atomic E-state index is 12.9. The van der Waals surface area contributed by atoms with E-state index in [1.165, 1.54) is 0 Å². The molecule has 0 saturated carbocycles. The number of rotatable bonds is 9. The Balaban J connectivity index is 1.50. The third-order valence-electron chi connectivity index (χ3n) is 5.57. The lowest BCUT2D eigenvalue weighted by atomic mass is 10.0. The highest BCUT2D eigenvalue weighted by atomic mass is 32.1. The molecular weight excluding hydrogens is 462 g/mol. The fraction of sp³-hybridized carbons (Fsp3) is 0.409. The molecule has 1 fully saturated rings. The van der Waals surface area contributed by atoms with E-state index in [0.717, 1.165) is 23.5 Å². The Kier molecular flexibility index (Phi) is 7.76. The molecule has 33 heavy (non-hydrogen) atoms. The fourth-order valence-corrected chi connectivity index (χ4v) is 4.79. The van der Waals surface area contributed by atoms with Gasteiger partial charge in [0.1, 0.15) is 6.54 Å². The van der Waals surface area contributed by atoms with Crippen molar-refractivity contribution in [3.05, 3.63) is 46.0 Å². The van der Waals surface area contributed by atoms with Crippen molar-refractivity contribution in [3.8, 4) is 22.2 Å².